The third-order valence-corrected chi connectivity index (χ3v) is 6.60. The molecule has 6 heteroatoms. The van der Waals surface area contributed by atoms with E-state index in [-0.39, 0.29) is 0 Å². The van der Waals surface area contributed by atoms with Gasteiger partial charge in [0.2, 0.25) is 5.91 Å². The number of rotatable bonds is 5. The monoisotopic (exact) mass is 343 g/mol. The van der Waals surface area contributed by atoms with Crippen LogP contribution in [0, 0.1) is 0 Å². The van der Waals surface area contributed by atoms with E-state index in [1.165, 1.54) is 0 Å². The van der Waals surface area contributed by atoms with Crippen molar-refractivity contribution in [2.45, 2.75) is 50.3 Å². The molecule has 0 spiro atoms. The van der Waals surface area contributed by atoms with E-state index in [4.69, 9.17) is 11.6 Å². The fraction of sp³-hybridized carbons (Fsp3) is 0.562. The molecule has 1 amide bonds. The molecule has 0 radical (unpaired) electrons. The number of sulfone groups is 1. The van der Waals surface area contributed by atoms with Crippen LogP contribution in [0.25, 0.3) is 0 Å². The van der Waals surface area contributed by atoms with Crippen molar-refractivity contribution in [2.75, 3.05) is 5.75 Å². The highest BCUT2D eigenvalue weighted by Crippen LogP contribution is 2.39. The molecule has 0 heterocycles. The predicted molar refractivity (Wildman–Crippen MR) is 88.7 cm³/mol. The summed E-state index contributed by atoms with van der Waals surface area (Å²) in [5.74, 6) is -0.900. The molecule has 1 saturated carbocycles. The molecule has 1 aromatic carbocycles. The van der Waals surface area contributed by atoms with Gasteiger partial charge in [0, 0.05) is 5.02 Å². The largest absolute Gasteiger partial charge is 0.346 e. The van der Waals surface area contributed by atoms with Crippen LogP contribution in [-0.4, -0.2) is 25.3 Å². The van der Waals surface area contributed by atoms with E-state index >= 15 is 0 Å². The lowest BCUT2D eigenvalue weighted by Gasteiger charge is -2.31. The fourth-order valence-corrected chi connectivity index (χ4v) is 3.86. The van der Waals surface area contributed by atoms with Gasteiger partial charge in [0.1, 0.15) is 5.75 Å². The number of nitrogens with one attached hydrogen (secondary N) is 1. The summed E-state index contributed by atoms with van der Waals surface area (Å²) in [6, 6.07) is 7.44. The summed E-state index contributed by atoms with van der Waals surface area (Å²) in [7, 11) is -3.39. The average molecular weight is 344 g/mol. The van der Waals surface area contributed by atoms with Crippen molar-refractivity contribution in [1.29, 1.82) is 0 Å². The van der Waals surface area contributed by atoms with Crippen LogP contribution in [0.4, 0.5) is 0 Å². The summed E-state index contributed by atoms with van der Waals surface area (Å²) in [4.78, 5) is 12.3. The first kappa shape index (κ1) is 17.3. The van der Waals surface area contributed by atoms with Crippen molar-refractivity contribution >= 4 is 27.3 Å². The van der Waals surface area contributed by atoms with Crippen LogP contribution in [0.5, 0.6) is 0 Å². The van der Waals surface area contributed by atoms with Crippen molar-refractivity contribution in [3.63, 3.8) is 0 Å². The maximum atomic E-state index is 12.3. The van der Waals surface area contributed by atoms with Crippen LogP contribution in [-0.2, 0) is 20.2 Å². The van der Waals surface area contributed by atoms with Crippen LogP contribution in [0.3, 0.4) is 0 Å². The Hall–Kier alpha value is -1.07. The van der Waals surface area contributed by atoms with Gasteiger partial charge in [-0.05, 0) is 44.4 Å². The molecule has 0 aliphatic heterocycles. The Morgan fingerprint density at radius 2 is 1.95 bits per heavy atom. The highest BCUT2D eigenvalue weighted by Gasteiger charge is 2.38. The zero-order chi connectivity index (χ0) is 16.4. The third-order valence-electron chi connectivity index (χ3n) is 4.26. The van der Waals surface area contributed by atoms with Crippen molar-refractivity contribution in [2.24, 2.45) is 0 Å². The lowest BCUT2D eigenvalue weighted by atomic mass is 9.88. The van der Waals surface area contributed by atoms with Crippen molar-refractivity contribution in [3.8, 4) is 0 Å². The van der Waals surface area contributed by atoms with Gasteiger partial charge < -0.3 is 5.32 Å². The molecular weight excluding hydrogens is 322 g/mol. The molecule has 22 heavy (non-hydrogen) atoms. The summed E-state index contributed by atoms with van der Waals surface area (Å²) in [6.07, 6.45) is 3.62. The van der Waals surface area contributed by atoms with Gasteiger partial charge >= 0.3 is 0 Å². The van der Waals surface area contributed by atoms with Crippen LogP contribution >= 0.6 is 11.6 Å². The number of carbonyl (C=O) groups excluding carboxylic acids is 1. The average Bonchev–Trinajstić information content (AvgIpc) is 2.87. The van der Waals surface area contributed by atoms with Gasteiger partial charge in [-0.25, -0.2) is 8.42 Å². The zero-order valence-electron chi connectivity index (χ0n) is 12.9. The van der Waals surface area contributed by atoms with E-state index in [0.29, 0.717) is 5.02 Å². The van der Waals surface area contributed by atoms with E-state index in [1.807, 2.05) is 18.2 Å². The number of amides is 1. The topological polar surface area (TPSA) is 63.2 Å². The van der Waals surface area contributed by atoms with Crippen molar-refractivity contribution in [1.82, 2.24) is 5.32 Å². The molecule has 1 aliphatic carbocycles. The molecule has 0 unspecified atom stereocenters. The molecule has 1 N–H and O–H groups in total. The van der Waals surface area contributed by atoms with Crippen LogP contribution in [0.1, 0.15) is 45.1 Å². The SMILES string of the molecule is CC(C)S(=O)(=O)CC(=O)NC1(c2cccc(Cl)c2)CCCC1. The van der Waals surface area contributed by atoms with E-state index in [0.717, 1.165) is 31.2 Å². The molecule has 122 valence electrons. The van der Waals surface area contributed by atoms with Crippen molar-refractivity contribution in [3.05, 3.63) is 34.9 Å². The number of carbonyl (C=O) groups is 1. The molecule has 0 atom stereocenters. The second-order valence-corrected chi connectivity index (χ2v) is 9.20. The standard InChI is InChI=1S/C16H22ClNO3S/c1-12(2)22(20,21)11-15(19)18-16(8-3-4-9-16)13-6-5-7-14(17)10-13/h5-7,10,12H,3-4,8-9,11H2,1-2H3,(H,18,19). The first-order valence-electron chi connectivity index (χ1n) is 7.54. The highest BCUT2D eigenvalue weighted by molar-refractivity contribution is 7.92. The summed E-state index contributed by atoms with van der Waals surface area (Å²) in [5.41, 5.74) is 0.460. The van der Waals surface area contributed by atoms with Gasteiger partial charge in [0.05, 0.1) is 10.8 Å². The molecule has 0 saturated heterocycles. The zero-order valence-corrected chi connectivity index (χ0v) is 14.5. The van der Waals surface area contributed by atoms with E-state index in [1.54, 1.807) is 19.9 Å². The molecule has 1 aliphatic rings. The van der Waals surface area contributed by atoms with E-state index in [9.17, 15) is 13.2 Å². The maximum absolute atomic E-state index is 12.3. The summed E-state index contributed by atoms with van der Waals surface area (Å²) in [6.45, 7) is 3.18. The lowest BCUT2D eigenvalue weighted by molar-refractivity contribution is -0.120. The number of hydrogen-bond donors (Lipinski definition) is 1. The fourth-order valence-electron chi connectivity index (χ4n) is 2.90. The molecule has 1 aromatic rings. The first-order valence-corrected chi connectivity index (χ1v) is 9.63. The predicted octanol–water partition coefficient (Wildman–Crippen LogP) is 3.05. The minimum atomic E-state index is -3.39. The smallest absolute Gasteiger partial charge is 0.235 e. The third kappa shape index (κ3) is 3.82. The normalized spacial score (nSPS) is 17.6. The summed E-state index contributed by atoms with van der Waals surface area (Å²) >= 11 is 6.06. The number of halogens is 1. The summed E-state index contributed by atoms with van der Waals surface area (Å²) < 4.78 is 23.9. The molecule has 2 rings (SSSR count). The quantitative estimate of drug-likeness (QED) is 0.893. The number of benzene rings is 1. The Balaban J connectivity index is 2.21. The summed E-state index contributed by atoms with van der Waals surface area (Å²) in [5, 5.41) is 3.04. The Bertz CT molecular complexity index is 649. The Morgan fingerprint density at radius 1 is 1.32 bits per heavy atom. The Morgan fingerprint density at radius 3 is 2.50 bits per heavy atom. The van der Waals surface area contributed by atoms with E-state index in [2.05, 4.69) is 5.32 Å². The molecule has 4 nitrogen and oxygen atoms in total. The molecule has 0 bridgehead atoms. The Kier molecular flexibility index (Phi) is 5.17. The number of hydrogen-bond acceptors (Lipinski definition) is 3. The Labute approximate surface area is 137 Å². The lowest BCUT2D eigenvalue weighted by Crippen LogP contribution is -2.46. The van der Waals surface area contributed by atoms with Gasteiger partial charge in [0.25, 0.3) is 0 Å². The molecule has 1 fully saturated rings. The van der Waals surface area contributed by atoms with Gasteiger partial charge in [-0.1, -0.05) is 36.6 Å². The van der Waals surface area contributed by atoms with Gasteiger partial charge in [0.15, 0.2) is 9.84 Å². The molecule has 0 aromatic heterocycles. The van der Waals surface area contributed by atoms with Gasteiger partial charge in [-0.3, -0.25) is 4.79 Å². The first-order chi connectivity index (χ1) is 10.3. The second kappa shape index (κ2) is 6.59. The van der Waals surface area contributed by atoms with Gasteiger partial charge in [-0.2, -0.15) is 0 Å². The van der Waals surface area contributed by atoms with Gasteiger partial charge in [-0.15, -0.1) is 0 Å². The van der Waals surface area contributed by atoms with E-state index < -0.39 is 32.3 Å². The van der Waals surface area contributed by atoms with Crippen molar-refractivity contribution < 1.29 is 13.2 Å². The minimum Gasteiger partial charge on any atom is -0.346 e. The van der Waals surface area contributed by atoms with Crippen LogP contribution in [0.2, 0.25) is 5.02 Å². The van der Waals surface area contributed by atoms with Crippen LogP contribution < -0.4 is 5.32 Å². The maximum Gasteiger partial charge on any atom is 0.235 e. The minimum absolute atomic E-state index is 0.435. The highest BCUT2D eigenvalue weighted by atomic mass is 35.5. The second-order valence-electron chi connectivity index (χ2n) is 6.20. The van der Waals surface area contributed by atoms with Crippen LogP contribution in [0.15, 0.2) is 24.3 Å². The molecular formula is C16H22ClNO3S.